The van der Waals surface area contributed by atoms with Crippen LogP contribution in [0.3, 0.4) is 0 Å². The van der Waals surface area contributed by atoms with Gasteiger partial charge in [0.15, 0.2) is 0 Å². The summed E-state index contributed by atoms with van der Waals surface area (Å²) < 4.78 is 34.8. The number of hydrogen-bond donors (Lipinski definition) is 4. The first kappa shape index (κ1) is 33.4. The third-order valence-corrected chi connectivity index (χ3v) is 9.93. The highest BCUT2D eigenvalue weighted by Crippen LogP contribution is 2.34. The molecule has 2 amide bonds. The van der Waals surface area contributed by atoms with Crippen molar-refractivity contribution in [1.82, 2.24) is 10.2 Å². The SMILES string of the molecule is CC(C)(C)OC(=O)CN(C(=O)[C@@](N)(Cc1cccc(NC(=O)S)c1)S(=O)(=O)c1ccc2ccccc2c1)C1(C)CCCCN1. The van der Waals surface area contributed by atoms with Crippen LogP contribution in [0.4, 0.5) is 10.5 Å². The number of nitrogens with two attached hydrogens (primary N) is 1. The molecule has 1 fully saturated rings. The van der Waals surface area contributed by atoms with Crippen molar-refractivity contribution in [3.8, 4) is 0 Å². The van der Waals surface area contributed by atoms with Gasteiger partial charge in [-0.3, -0.25) is 19.7 Å². The van der Waals surface area contributed by atoms with Gasteiger partial charge in [-0.25, -0.2) is 8.42 Å². The Morgan fingerprint density at radius 2 is 1.73 bits per heavy atom. The maximum Gasteiger partial charge on any atom is 0.326 e. The number of sulfone groups is 1. The fourth-order valence-electron chi connectivity index (χ4n) is 5.49. The quantitative estimate of drug-likeness (QED) is 0.196. The molecule has 0 aromatic heterocycles. The number of nitrogens with one attached hydrogen (secondary N) is 2. The minimum atomic E-state index is -4.60. The van der Waals surface area contributed by atoms with E-state index in [-0.39, 0.29) is 4.90 Å². The van der Waals surface area contributed by atoms with Crippen molar-refractivity contribution < 1.29 is 27.5 Å². The van der Waals surface area contributed by atoms with Crippen LogP contribution in [0.1, 0.15) is 52.5 Å². The van der Waals surface area contributed by atoms with E-state index in [0.29, 0.717) is 29.6 Å². The molecule has 3 aromatic carbocycles. The summed E-state index contributed by atoms with van der Waals surface area (Å²) in [5.41, 5.74) is 5.72. The van der Waals surface area contributed by atoms with E-state index in [1.54, 1.807) is 64.1 Å². The average Bonchev–Trinajstić information content (AvgIpc) is 2.94. The minimum absolute atomic E-state index is 0.133. The molecule has 3 aromatic rings. The third kappa shape index (κ3) is 7.43. The molecule has 4 rings (SSSR count). The molecule has 0 saturated carbocycles. The first-order valence-corrected chi connectivity index (χ1v) is 16.4. The maximum atomic E-state index is 14.8. The van der Waals surface area contributed by atoms with Crippen LogP contribution >= 0.6 is 12.6 Å². The van der Waals surface area contributed by atoms with Crippen LogP contribution in [0, 0.1) is 0 Å². The van der Waals surface area contributed by atoms with E-state index >= 15 is 0 Å². The second-order valence-electron chi connectivity index (χ2n) is 12.3. The number of thiol groups is 1. The van der Waals surface area contributed by atoms with Crippen LogP contribution in [0.2, 0.25) is 0 Å². The van der Waals surface area contributed by atoms with Gasteiger partial charge in [0.2, 0.25) is 14.7 Å². The second kappa shape index (κ2) is 12.9. The number of amides is 2. The molecule has 1 unspecified atom stereocenters. The van der Waals surface area contributed by atoms with E-state index in [9.17, 15) is 22.8 Å². The zero-order chi connectivity index (χ0) is 32.3. The van der Waals surface area contributed by atoms with Gasteiger partial charge in [-0.2, -0.15) is 0 Å². The van der Waals surface area contributed by atoms with Crippen molar-refractivity contribution >= 4 is 56.0 Å². The lowest BCUT2D eigenvalue weighted by Gasteiger charge is -2.47. The lowest BCUT2D eigenvalue weighted by Crippen LogP contribution is -2.70. The highest BCUT2D eigenvalue weighted by atomic mass is 32.2. The Morgan fingerprint density at radius 3 is 2.36 bits per heavy atom. The minimum Gasteiger partial charge on any atom is -0.459 e. The predicted molar refractivity (Wildman–Crippen MR) is 174 cm³/mol. The number of esters is 1. The molecular formula is C32H40N4O6S2. The standard InChI is InChI=1S/C32H40N4O6S2/c1-30(2,3)42-27(37)21-36(31(4)16-7-8-17-34-31)28(38)32(33,20-22-10-9-13-25(18-22)35-29(39)43)44(40,41)26-15-14-23-11-5-6-12-24(23)19-26/h5-6,9-15,18-19,34H,7-8,16-17,20-21,33H2,1-4H3,(H2,35,39,43)/t31?,32-/m1/s1. The van der Waals surface area contributed by atoms with Crippen molar-refractivity contribution in [2.45, 2.75) is 74.4 Å². The van der Waals surface area contributed by atoms with Crippen LogP contribution in [0.25, 0.3) is 10.8 Å². The number of benzene rings is 3. The van der Waals surface area contributed by atoms with E-state index < -0.39 is 56.1 Å². The second-order valence-corrected chi connectivity index (χ2v) is 15.0. The number of hydrogen-bond acceptors (Lipinski definition) is 8. The molecule has 0 bridgehead atoms. The Bertz CT molecular complexity index is 1660. The van der Waals surface area contributed by atoms with Crippen molar-refractivity contribution in [2.75, 3.05) is 18.4 Å². The zero-order valence-corrected chi connectivity index (χ0v) is 27.1. The van der Waals surface area contributed by atoms with E-state index in [1.165, 1.54) is 23.1 Å². The summed E-state index contributed by atoms with van der Waals surface area (Å²) in [4.78, 5) is 38.1. The van der Waals surface area contributed by atoms with Gasteiger partial charge in [0, 0.05) is 12.1 Å². The first-order chi connectivity index (χ1) is 20.5. The van der Waals surface area contributed by atoms with Crippen LogP contribution in [0.15, 0.2) is 71.6 Å². The highest BCUT2D eigenvalue weighted by Gasteiger charge is 2.54. The number of nitrogens with zero attached hydrogens (tertiary/aromatic N) is 1. The Labute approximate surface area is 264 Å². The smallest absolute Gasteiger partial charge is 0.326 e. The number of carbonyl (C=O) groups excluding carboxylic acids is 3. The molecule has 1 aliphatic rings. The fourth-order valence-corrected chi connectivity index (χ4v) is 7.26. The zero-order valence-electron chi connectivity index (χ0n) is 25.4. The van der Waals surface area contributed by atoms with Crippen molar-refractivity contribution in [3.05, 3.63) is 72.3 Å². The largest absolute Gasteiger partial charge is 0.459 e. The molecule has 0 radical (unpaired) electrons. The number of ether oxygens (including phenoxy) is 1. The van der Waals surface area contributed by atoms with Gasteiger partial charge in [0.05, 0.1) is 10.6 Å². The van der Waals surface area contributed by atoms with Gasteiger partial charge in [0.1, 0.15) is 12.1 Å². The molecule has 44 heavy (non-hydrogen) atoms. The third-order valence-electron chi connectivity index (χ3n) is 7.66. The average molecular weight is 641 g/mol. The highest BCUT2D eigenvalue weighted by molar-refractivity contribution is 7.96. The maximum absolute atomic E-state index is 14.8. The molecule has 4 N–H and O–H groups in total. The molecule has 1 heterocycles. The van der Waals surface area contributed by atoms with Crippen molar-refractivity contribution in [1.29, 1.82) is 0 Å². The Morgan fingerprint density at radius 1 is 1.02 bits per heavy atom. The predicted octanol–water partition coefficient (Wildman–Crippen LogP) is 4.63. The topological polar surface area (TPSA) is 148 Å². The van der Waals surface area contributed by atoms with E-state index in [1.807, 2.05) is 12.1 Å². The molecule has 2 atom stereocenters. The van der Waals surface area contributed by atoms with Crippen LogP contribution in [-0.2, 0) is 30.6 Å². The molecular weight excluding hydrogens is 601 g/mol. The number of rotatable bonds is 9. The van der Waals surface area contributed by atoms with Gasteiger partial charge in [-0.15, -0.1) is 0 Å². The summed E-state index contributed by atoms with van der Waals surface area (Å²) in [5.74, 6) is -1.64. The van der Waals surface area contributed by atoms with Gasteiger partial charge in [-0.1, -0.05) is 55.1 Å². The van der Waals surface area contributed by atoms with E-state index in [2.05, 4.69) is 23.3 Å². The van der Waals surface area contributed by atoms with E-state index in [4.69, 9.17) is 10.5 Å². The van der Waals surface area contributed by atoms with Crippen molar-refractivity contribution in [2.24, 2.45) is 5.73 Å². The number of fused-ring (bicyclic) bond motifs is 1. The molecule has 1 saturated heterocycles. The molecule has 1 aliphatic heterocycles. The number of piperidine rings is 1. The molecule has 12 heteroatoms. The first-order valence-electron chi connectivity index (χ1n) is 14.4. The van der Waals surface area contributed by atoms with Crippen LogP contribution in [-0.4, -0.2) is 59.7 Å². The Kier molecular flexibility index (Phi) is 9.79. The van der Waals surface area contributed by atoms with Gasteiger partial charge in [-0.05, 0) is 94.1 Å². The summed E-state index contributed by atoms with van der Waals surface area (Å²) in [6.45, 7) is 6.96. The van der Waals surface area contributed by atoms with Gasteiger partial charge < -0.3 is 20.7 Å². The Hall–Kier alpha value is -3.45. The number of anilines is 1. The van der Waals surface area contributed by atoms with Crippen LogP contribution in [0.5, 0.6) is 0 Å². The summed E-state index contributed by atoms with van der Waals surface area (Å²) in [5, 5.41) is 6.74. The summed E-state index contributed by atoms with van der Waals surface area (Å²) in [7, 11) is -4.60. The molecule has 0 aliphatic carbocycles. The van der Waals surface area contributed by atoms with Crippen molar-refractivity contribution in [3.63, 3.8) is 0 Å². The summed E-state index contributed by atoms with van der Waals surface area (Å²) in [6.07, 6.45) is 1.63. The van der Waals surface area contributed by atoms with Gasteiger partial charge >= 0.3 is 5.97 Å². The molecule has 0 spiro atoms. The normalized spacial score (nSPS) is 18.7. The summed E-state index contributed by atoms with van der Waals surface area (Å²) >= 11 is 3.76. The molecule has 10 nitrogen and oxygen atoms in total. The lowest BCUT2D eigenvalue weighted by molar-refractivity contribution is -0.164. The summed E-state index contributed by atoms with van der Waals surface area (Å²) in [6, 6.07) is 18.2. The fraction of sp³-hybridized carbons (Fsp3) is 0.406. The van der Waals surface area contributed by atoms with Crippen LogP contribution < -0.4 is 16.4 Å². The number of carbonyl (C=O) groups is 3. The lowest BCUT2D eigenvalue weighted by atomic mass is 9.95. The molecule has 236 valence electrons. The monoisotopic (exact) mass is 640 g/mol. The van der Waals surface area contributed by atoms with E-state index in [0.717, 1.165) is 18.2 Å². The van der Waals surface area contributed by atoms with Gasteiger partial charge in [0.25, 0.3) is 11.1 Å². The Balaban J connectivity index is 1.87.